The van der Waals surface area contributed by atoms with Crippen LogP contribution in [0.3, 0.4) is 0 Å². The van der Waals surface area contributed by atoms with Crippen molar-refractivity contribution in [3.05, 3.63) is 0 Å². The molecule has 0 bridgehead atoms. The van der Waals surface area contributed by atoms with Gasteiger partial charge in [-0.15, -0.1) is 0 Å². The van der Waals surface area contributed by atoms with Crippen molar-refractivity contribution in [2.75, 3.05) is 13.7 Å². The van der Waals surface area contributed by atoms with Crippen LogP contribution in [0, 0.1) is 11.3 Å². The van der Waals surface area contributed by atoms with E-state index in [1.807, 2.05) is 27.7 Å². The van der Waals surface area contributed by atoms with Crippen LogP contribution in [0.5, 0.6) is 0 Å². The van der Waals surface area contributed by atoms with Crippen molar-refractivity contribution >= 4 is 5.78 Å². The van der Waals surface area contributed by atoms with Crippen LogP contribution in [0.15, 0.2) is 0 Å². The minimum Gasteiger partial charge on any atom is -0.385 e. The van der Waals surface area contributed by atoms with Crippen molar-refractivity contribution in [2.24, 2.45) is 11.3 Å². The van der Waals surface area contributed by atoms with Gasteiger partial charge in [-0.25, -0.2) is 0 Å². The Kier molecular flexibility index (Phi) is 5.23. The first-order valence-corrected chi connectivity index (χ1v) is 4.93. The van der Waals surface area contributed by atoms with Crippen molar-refractivity contribution in [1.29, 1.82) is 0 Å². The highest BCUT2D eigenvalue weighted by atomic mass is 16.5. The number of Topliss-reactive ketones (excluding diaryl/α,β-unsaturated/α-hetero) is 1. The second kappa shape index (κ2) is 5.38. The zero-order chi connectivity index (χ0) is 10.5. The summed E-state index contributed by atoms with van der Waals surface area (Å²) < 4.78 is 4.95. The summed E-state index contributed by atoms with van der Waals surface area (Å²) in [5, 5.41) is 0. The average molecular weight is 186 g/mol. The summed E-state index contributed by atoms with van der Waals surface area (Å²) in [5.41, 5.74) is -0.202. The molecule has 0 rings (SSSR count). The predicted octanol–water partition coefficient (Wildman–Crippen LogP) is 2.66. The fourth-order valence-electron chi connectivity index (χ4n) is 1.40. The second-order valence-electron chi connectivity index (χ2n) is 4.65. The number of hydrogen-bond acceptors (Lipinski definition) is 2. The maximum absolute atomic E-state index is 11.7. The van der Waals surface area contributed by atoms with Crippen LogP contribution in [0.2, 0.25) is 0 Å². The van der Waals surface area contributed by atoms with Gasteiger partial charge in [0.05, 0.1) is 0 Å². The van der Waals surface area contributed by atoms with E-state index in [-0.39, 0.29) is 11.3 Å². The third-order valence-electron chi connectivity index (χ3n) is 2.17. The second-order valence-corrected chi connectivity index (χ2v) is 4.65. The molecule has 0 aliphatic heterocycles. The summed E-state index contributed by atoms with van der Waals surface area (Å²) in [5.74, 6) is 0.513. The van der Waals surface area contributed by atoms with E-state index >= 15 is 0 Å². The molecule has 2 nitrogen and oxygen atoms in total. The fourth-order valence-corrected chi connectivity index (χ4v) is 1.40. The number of ether oxygens (including phenoxy) is 1. The molecule has 0 saturated carbocycles. The summed E-state index contributed by atoms with van der Waals surface area (Å²) in [6.45, 7) is 8.68. The third-order valence-corrected chi connectivity index (χ3v) is 2.17. The summed E-state index contributed by atoms with van der Waals surface area (Å²) in [7, 11) is 1.69. The Bertz CT molecular complexity index is 156. The smallest absolute Gasteiger partial charge is 0.140 e. The van der Waals surface area contributed by atoms with Crippen LogP contribution in [-0.4, -0.2) is 19.5 Å². The van der Waals surface area contributed by atoms with Crippen LogP contribution < -0.4 is 0 Å². The number of carbonyl (C=O) groups is 1. The summed E-state index contributed by atoms with van der Waals surface area (Å²) in [6.07, 6.45) is 1.91. The minimum absolute atomic E-state index is 0.162. The Balaban J connectivity index is 3.84. The molecule has 2 heteroatoms. The molecule has 1 unspecified atom stereocenters. The van der Waals surface area contributed by atoms with E-state index in [9.17, 15) is 4.79 Å². The molecule has 0 amide bonds. The van der Waals surface area contributed by atoms with Crippen LogP contribution in [-0.2, 0) is 9.53 Å². The van der Waals surface area contributed by atoms with Gasteiger partial charge >= 0.3 is 0 Å². The SMILES string of the molecule is COCCCC(C)C(=O)C(C)(C)C. The highest BCUT2D eigenvalue weighted by Gasteiger charge is 2.25. The highest BCUT2D eigenvalue weighted by Crippen LogP contribution is 2.22. The van der Waals surface area contributed by atoms with Crippen molar-refractivity contribution in [3.63, 3.8) is 0 Å². The lowest BCUT2D eigenvalue weighted by Gasteiger charge is -2.21. The van der Waals surface area contributed by atoms with Crippen molar-refractivity contribution in [2.45, 2.75) is 40.5 Å². The molecule has 0 aromatic rings. The maximum Gasteiger partial charge on any atom is 0.140 e. The first-order valence-electron chi connectivity index (χ1n) is 4.93. The summed E-state index contributed by atoms with van der Waals surface area (Å²) in [6, 6.07) is 0. The molecule has 0 aromatic carbocycles. The minimum atomic E-state index is -0.202. The molecule has 0 aliphatic carbocycles. The predicted molar refractivity (Wildman–Crippen MR) is 54.7 cm³/mol. The Morgan fingerprint density at radius 2 is 1.92 bits per heavy atom. The molecule has 78 valence electrons. The van der Waals surface area contributed by atoms with Gasteiger partial charge in [0.1, 0.15) is 5.78 Å². The van der Waals surface area contributed by atoms with Gasteiger partial charge in [0.15, 0.2) is 0 Å². The molecule has 13 heavy (non-hydrogen) atoms. The number of rotatable bonds is 5. The Morgan fingerprint density at radius 1 is 1.38 bits per heavy atom. The molecule has 0 radical (unpaired) electrons. The number of ketones is 1. The van der Waals surface area contributed by atoms with Gasteiger partial charge in [-0.3, -0.25) is 4.79 Å². The Labute approximate surface area is 81.7 Å². The lowest BCUT2D eigenvalue weighted by Crippen LogP contribution is -2.26. The van der Waals surface area contributed by atoms with Gasteiger partial charge in [0.25, 0.3) is 0 Å². The monoisotopic (exact) mass is 186 g/mol. The highest BCUT2D eigenvalue weighted by molar-refractivity contribution is 5.85. The van der Waals surface area contributed by atoms with E-state index in [0.717, 1.165) is 19.4 Å². The van der Waals surface area contributed by atoms with Gasteiger partial charge in [-0.1, -0.05) is 27.7 Å². The van der Waals surface area contributed by atoms with Gasteiger partial charge in [-0.05, 0) is 12.8 Å². The lowest BCUT2D eigenvalue weighted by molar-refractivity contribution is -0.130. The van der Waals surface area contributed by atoms with Gasteiger partial charge in [0, 0.05) is 25.0 Å². The van der Waals surface area contributed by atoms with E-state index in [1.165, 1.54) is 0 Å². The molecule has 0 N–H and O–H groups in total. The molecule has 0 aliphatic rings. The molecule has 0 heterocycles. The fraction of sp³-hybridized carbons (Fsp3) is 0.909. The van der Waals surface area contributed by atoms with E-state index < -0.39 is 0 Å². The molecule has 0 aromatic heterocycles. The topological polar surface area (TPSA) is 26.3 Å². The third kappa shape index (κ3) is 5.04. The van der Waals surface area contributed by atoms with Gasteiger partial charge in [0.2, 0.25) is 0 Å². The van der Waals surface area contributed by atoms with E-state index in [1.54, 1.807) is 7.11 Å². The largest absolute Gasteiger partial charge is 0.385 e. The molecule has 1 atom stereocenters. The van der Waals surface area contributed by atoms with E-state index in [0.29, 0.717) is 5.78 Å². The maximum atomic E-state index is 11.7. The first kappa shape index (κ1) is 12.6. The molecule has 0 saturated heterocycles. The Morgan fingerprint density at radius 3 is 2.31 bits per heavy atom. The summed E-state index contributed by atoms with van der Waals surface area (Å²) in [4.78, 5) is 11.7. The van der Waals surface area contributed by atoms with Crippen molar-refractivity contribution in [1.82, 2.24) is 0 Å². The number of methoxy groups -OCH3 is 1. The average Bonchev–Trinajstić information content (AvgIpc) is 2.01. The summed E-state index contributed by atoms with van der Waals surface area (Å²) >= 11 is 0. The zero-order valence-electron chi connectivity index (χ0n) is 9.52. The van der Waals surface area contributed by atoms with Crippen LogP contribution >= 0.6 is 0 Å². The van der Waals surface area contributed by atoms with Crippen molar-refractivity contribution < 1.29 is 9.53 Å². The van der Waals surface area contributed by atoms with Crippen LogP contribution in [0.25, 0.3) is 0 Å². The molecular formula is C11H22O2. The van der Waals surface area contributed by atoms with Gasteiger partial charge < -0.3 is 4.74 Å². The first-order chi connectivity index (χ1) is 5.89. The quantitative estimate of drug-likeness (QED) is 0.617. The molecule has 0 fully saturated rings. The molecular weight excluding hydrogens is 164 g/mol. The van der Waals surface area contributed by atoms with E-state index in [2.05, 4.69) is 0 Å². The van der Waals surface area contributed by atoms with E-state index in [4.69, 9.17) is 4.74 Å². The van der Waals surface area contributed by atoms with Crippen molar-refractivity contribution in [3.8, 4) is 0 Å². The molecule has 0 spiro atoms. The van der Waals surface area contributed by atoms with Crippen LogP contribution in [0.4, 0.5) is 0 Å². The number of hydrogen-bond donors (Lipinski definition) is 0. The lowest BCUT2D eigenvalue weighted by atomic mass is 9.82. The van der Waals surface area contributed by atoms with Gasteiger partial charge in [-0.2, -0.15) is 0 Å². The standard InChI is InChI=1S/C11H22O2/c1-9(7-6-8-13-5)10(12)11(2,3)4/h9H,6-8H2,1-5H3. The normalized spacial score (nSPS) is 14.2. The number of carbonyl (C=O) groups excluding carboxylic acids is 1. The zero-order valence-corrected chi connectivity index (χ0v) is 9.52. The van der Waals surface area contributed by atoms with Crippen LogP contribution in [0.1, 0.15) is 40.5 Å². The Hall–Kier alpha value is -0.370.